The van der Waals surface area contributed by atoms with Gasteiger partial charge >= 0.3 is 0 Å². The van der Waals surface area contributed by atoms with Gasteiger partial charge in [-0.3, -0.25) is 4.72 Å². The molecule has 0 amide bonds. The van der Waals surface area contributed by atoms with Crippen molar-refractivity contribution in [2.75, 3.05) is 23.1 Å². The van der Waals surface area contributed by atoms with Crippen molar-refractivity contribution in [3.8, 4) is 22.9 Å². The first-order valence-corrected chi connectivity index (χ1v) is 13.8. The van der Waals surface area contributed by atoms with Crippen LogP contribution in [0.4, 0.5) is 16.0 Å². The summed E-state index contributed by atoms with van der Waals surface area (Å²) in [4.78, 5) is 13.1. The Morgan fingerprint density at radius 3 is 2.74 bits per heavy atom. The van der Waals surface area contributed by atoms with Gasteiger partial charge in [-0.25, -0.2) is 27.8 Å². The number of ether oxygens (including phenoxy) is 1. The molecule has 1 fully saturated rings. The minimum absolute atomic E-state index is 0.0650. The van der Waals surface area contributed by atoms with E-state index in [1.54, 1.807) is 36.5 Å². The highest BCUT2D eigenvalue weighted by Gasteiger charge is 2.20. The van der Waals surface area contributed by atoms with E-state index in [1.807, 2.05) is 0 Å². The molecule has 3 heterocycles. The Morgan fingerprint density at radius 2 is 1.92 bits per heavy atom. The van der Waals surface area contributed by atoms with Crippen molar-refractivity contribution < 1.29 is 17.5 Å². The molecule has 0 bridgehead atoms. The maximum absolute atomic E-state index is 14.7. The van der Waals surface area contributed by atoms with Crippen LogP contribution in [0.5, 0.6) is 11.6 Å². The minimum atomic E-state index is -4.02. The van der Waals surface area contributed by atoms with Crippen molar-refractivity contribution in [1.29, 1.82) is 0 Å². The van der Waals surface area contributed by atoms with Gasteiger partial charge in [0.1, 0.15) is 4.90 Å². The van der Waals surface area contributed by atoms with Crippen LogP contribution < -0.4 is 20.1 Å². The Bertz CT molecular complexity index is 1550. The third-order valence-corrected chi connectivity index (χ3v) is 7.73. The predicted molar refractivity (Wildman–Crippen MR) is 144 cm³/mol. The first-order chi connectivity index (χ1) is 18.4. The summed E-state index contributed by atoms with van der Waals surface area (Å²) in [7, 11) is -4.02. The number of rotatable bonds is 8. The molecule has 1 aliphatic heterocycles. The lowest BCUT2D eigenvalue weighted by Crippen LogP contribution is -2.38. The predicted octanol–water partition coefficient (Wildman–Crippen LogP) is 5.09. The van der Waals surface area contributed by atoms with Crippen molar-refractivity contribution in [3.63, 3.8) is 0 Å². The van der Waals surface area contributed by atoms with Gasteiger partial charge in [0.25, 0.3) is 10.0 Å². The smallest absolute Gasteiger partial charge is 0.263 e. The zero-order valence-corrected chi connectivity index (χ0v) is 21.6. The van der Waals surface area contributed by atoms with Crippen LogP contribution in [0.2, 0.25) is 5.02 Å². The Labute approximate surface area is 224 Å². The normalized spacial score (nSPS) is 15.6. The molecular weight excluding hydrogens is 531 g/mol. The Morgan fingerprint density at radius 1 is 1.05 bits per heavy atom. The van der Waals surface area contributed by atoms with Crippen molar-refractivity contribution in [2.45, 2.75) is 23.8 Å². The Balaban J connectivity index is 1.40. The molecule has 1 atom stereocenters. The quantitative estimate of drug-likeness (QED) is 0.276. The standard InChI is InChI=1S/C26H24ClFN6O3S/c27-20-7-1-2-8-24(20)38(35,36)34-17-9-10-21(28)23(15-17)37-25-19(6-4-13-30-25)22-11-14-31-26(33-22)32-18-5-3-12-29-16-18/h1-2,4,6-11,13-15,18,29,34H,3,5,12,16H2,(H,31,32,33)/t18-/m0/s1. The summed E-state index contributed by atoms with van der Waals surface area (Å²) in [5, 5.41) is 6.74. The van der Waals surface area contributed by atoms with Crippen molar-refractivity contribution in [2.24, 2.45) is 0 Å². The van der Waals surface area contributed by atoms with Crippen LogP contribution in [-0.2, 0) is 10.0 Å². The van der Waals surface area contributed by atoms with Crippen molar-refractivity contribution in [3.05, 3.63) is 83.9 Å². The Kier molecular flexibility index (Phi) is 7.68. The summed E-state index contributed by atoms with van der Waals surface area (Å²) in [6, 6.07) is 15.1. The topological polar surface area (TPSA) is 118 Å². The second kappa shape index (κ2) is 11.3. The van der Waals surface area contributed by atoms with Gasteiger partial charge in [0.05, 0.1) is 22.0 Å². The van der Waals surface area contributed by atoms with E-state index in [9.17, 15) is 12.8 Å². The summed E-state index contributed by atoms with van der Waals surface area (Å²) in [6.07, 6.45) is 5.21. The summed E-state index contributed by atoms with van der Waals surface area (Å²) in [5.41, 5.74) is 1.14. The van der Waals surface area contributed by atoms with Gasteiger partial charge in [0, 0.05) is 31.0 Å². The fraction of sp³-hybridized carbons (Fsp3) is 0.192. The number of benzene rings is 2. The van der Waals surface area contributed by atoms with Crippen LogP contribution in [0, 0.1) is 5.82 Å². The molecule has 196 valence electrons. The minimum Gasteiger partial charge on any atom is -0.435 e. The summed E-state index contributed by atoms with van der Waals surface area (Å²) < 4.78 is 48.6. The van der Waals surface area contributed by atoms with Gasteiger partial charge in [0.15, 0.2) is 11.6 Å². The third-order valence-electron chi connectivity index (χ3n) is 5.85. The Hall–Kier alpha value is -3.80. The average molecular weight is 555 g/mol. The van der Waals surface area contributed by atoms with Crippen LogP contribution in [0.25, 0.3) is 11.3 Å². The summed E-state index contributed by atoms with van der Waals surface area (Å²) in [5.74, 6) is -0.350. The fourth-order valence-corrected chi connectivity index (χ4v) is 5.60. The zero-order chi connectivity index (χ0) is 26.5. The highest BCUT2D eigenvalue weighted by molar-refractivity contribution is 7.92. The largest absolute Gasteiger partial charge is 0.435 e. The maximum atomic E-state index is 14.7. The number of anilines is 2. The second-order valence-corrected chi connectivity index (χ2v) is 10.7. The molecule has 3 N–H and O–H groups in total. The maximum Gasteiger partial charge on any atom is 0.263 e. The number of sulfonamides is 1. The molecule has 9 nitrogen and oxygen atoms in total. The van der Waals surface area contributed by atoms with Gasteiger partial charge in [-0.1, -0.05) is 23.7 Å². The molecule has 0 unspecified atom stereocenters. The van der Waals surface area contributed by atoms with E-state index in [2.05, 4.69) is 30.3 Å². The number of aromatic nitrogens is 3. The molecule has 1 aliphatic rings. The molecule has 2 aromatic heterocycles. The van der Waals surface area contributed by atoms with Crippen LogP contribution in [0.15, 0.2) is 78.0 Å². The molecule has 0 saturated carbocycles. The van der Waals surface area contributed by atoms with Crippen molar-refractivity contribution in [1.82, 2.24) is 20.3 Å². The van der Waals surface area contributed by atoms with Crippen LogP contribution in [0.1, 0.15) is 12.8 Å². The van der Waals surface area contributed by atoms with E-state index in [0.29, 0.717) is 17.2 Å². The van der Waals surface area contributed by atoms with Gasteiger partial charge in [-0.05, 0) is 61.9 Å². The molecule has 38 heavy (non-hydrogen) atoms. The SMILES string of the molecule is O=S(=O)(Nc1ccc(F)c(Oc2ncccc2-c2ccnc(N[C@H]3CCCNC3)n2)c1)c1ccccc1Cl. The van der Waals surface area contributed by atoms with E-state index < -0.39 is 15.8 Å². The number of hydrogen-bond acceptors (Lipinski definition) is 8. The number of hydrogen-bond donors (Lipinski definition) is 3. The third kappa shape index (κ3) is 6.01. The highest BCUT2D eigenvalue weighted by atomic mass is 35.5. The van der Waals surface area contributed by atoms with Gasteiger partial charge in [-0.15, -0.1) is 0 Å². The molecule has 4 aromatic rings. The molecule has 2 aromatic carbocycles. The molecule has 12 heteroatoms. The van der Waals surface area contributed by atoms with E-state index in [-0.39, 0.29) is 33.3 Å². The van der Waals surface area contributed by atoms with Crippen LogP contribution in [-0.4, -0.2) is 42.5 Å². The first-order valence-electron chi connectivity index (χ1n) is 11.9. The van der Waals surface area contributed by atoms with E-state index in [1.165, 1.54) is 30.5 Å². The first kappa shape index (κ1) is 25.8. The van der Waals surface area contributed by atoms with Crippen LogP contribution >= 0.6 is 11.6 Å². The number of nitrogens with zero attached hydrogens (tertiary/aromatic N) is 3. The monoisotopic (exact) mass is 554 g/mol. The van der Waals surface area contributed by atoms with E-state index in [4.69, 9.17) is 16.3 Å². The zero-order valence-electron chi connectivity index (χ0n) is 20.1. The fourth-order valence-electron chi connectivity index (χ4n) is 4.02. The van der Waals surface area contributed by atoms with E-state index >= 15 is 0 Å². The van der Waals surface area contributed by atoms with Crippen molar-refractivity contribution >= 4 is 33.3 Å². The van der Waals surface area contributed by atoms with E-state index in [0.717, 1.165) is 32.0 Å². The molecule has 0 aliphatic carbocycles. The molecule has 0 radical (unpaired) electrons. The highest BCUT2D eigenvalue weighted by Crippen LogP contribution is 2.34. The number of pyridine rings is 1. The summed E-state index contributed by atoms with van der Waals surface area (Å²) >= 11 is 6.05. The van der Waals surface area contributed by atoms with Gasteiger partial charge in [0.2, 0.25) is 11.8 Å². The second-order valence-electron chi connectivity index (χ2n) is 8.59. The molecule has 0 spiro atoms. The lowest BCUT2D eigenvalue weighted by Gasteiger charge is -2.23. The molecule has 5 rings (SSSR count). The van der Waals surface area contributed by atoms with Gasteiger partial charge in [-0.2, -0.15) is 0 Å². The lowest BCUT2D eigenvalue weighted by atomic mass is 10.1. The average Bonchev–Trinajstić information content (AvgIpc) is 2.92. The number of piperidine rings is 1. The molecular formula is C26H24ClFN6O3S. The molecule has 1 saturated heterocycles. The van der Waals surface area contributed by atoms with Gasteiger partial charge < -0.3 is 15.4 Å². The lowest BCUT2D eigenvalue weighted by molar-refractivity contribution is 0.429. The summed E-state index contributed by atoms with van der Waals surface area (Å²) in [6.45, 7) is 1.82. The van der Waals surface area contributed by atoms with Crippen LogP contribution in [0.3, 0.4) is 0 Å². The number of halogens is 2. The number of nitrogens with one attached hydrogen (secondary N) is 3.